The van der Waals surface area contributed by atoms with E-state index in [1.165, 1.54) is 54.6 Å². The third-order valence-corrected chi connectivity index (χ3v) is 13.2. The van der Waals surface area contributed by atoms with Gasteiger partial charge in [0, 0.05) is 55.9 Å². The predicted octanol–water partition coefficient (Wildman–Crippen LogP) is 17.5. The third-order valence-electron chi connectivity index (χ3n) is 13.2. The zero-order valence-electron chi connectivity index (χ0n) is 35.4. The molecule has 65 heavy (non-hydrogen) atoms. The average molecular weight is 829 g/mol. The lowest BCUT2D eigenvalue weighted by Gasteiger charge is -2.26. The quantitative estimate of drug-likeness (QED) is 0.149. The van der Waals surface area contributed by atoms with Crippen LogP contribution in [0.4, 0.5) is 17.1 Å². The van der Waals surface area contributed by atoms with Crippen LogP contribution in [0.3, 0.4) is 0 Å². The van der Waals surface area contributed by atoms with Gasteiger partial charge in [0.15, 0.2) is 0 Å². The van der Waals surface area contributed by atoms with Gasteiger partial charge in [-0.1, -0.05) is 176 Å². The summed E-state index contributed by atoms with van der Waals surface area (Å²) in [5.41, 5.74) is 15.5. The van der Waals surface area contributed by atoms with E-state index in [4.69, 9.17) is 4.42 Å². The van der Waals surface area contributed by atoms with Crippen LogP contribution in [0.15, 0.2) is 247 Å². The Morgan fingerprint density at radius 3 is 1.52 bits per heavy atom. The molecular weight excluding hydrogens is 789 g/mol. The Morgan fingerprint density at radius 1 is 0.323 bits per heavy atom. The van der Waals surface area contributed by atoms with Crippen molar-refractivity contribution in [3.8, 4) is 39.1 Å². The van der Waals surface area contributed by atoms with E-state index in [9.17, 15) is 0 Å². The lowest BCUT2D eigenvalue weighted by atomic mass is 9.96. The molecule has 0 N–H and O–H groups in total. The molecule has 2 heterocycles. The van der Waals surface area contributed by atoms with Crippen LogP contribution in [0.1, 0.15) is 0 Å². The summed E-state index contributed by atoms with van der Waals surface area (Å²) in [6, 6.07) is 87.7. The minimum atomic E-state index is 0.875. The van der Waals surface area contributed by atoms with Gasteiger partial charge in [-0.15, -0.1) is 0 Å². The molecule has 0 atom stereocenters. The topological polar surface area (TPSA) is 21.3 Å². The summed E-state index contributed by atoms with van der Waals surface area (Å²) in [5, 5.41) is 9.70. The third kappa shape index (κ3) is 6.12. The minimum Gasteiger partial charge on any atom is -0.456 e. The van der Waals surface area contributed by atoms with E-state index < -0.39 is 0 Å². The molecule has 0 aliphatic carbocycles. The van der Waals surface area contributed by atoms with Crippen molar-refractivity contribution in [2.45, 2.75) is 0 Å². The molecule has 13 aromatic rings. The van der Waals surface area contributed by atoms with Crippen molar-refractivity contribution in [2.24, 2.45) is 0 Å². The molecule has 0 aliphatic rings. The Bertz CT molecular complexity index is 3820. The van der Waals surface area contributed by atoms with E-state index in [1.54, 1.807) is 0 Å². The van der Waals surface area contributed by atoms with Crippen LogP contribution in [0, 0.1) is 0 Å². The molecular formula is C62H40N2O. The summed E-state index contributed by atoms with van der Waals surface area (Å²) in [6.07, 6.45) is 0. The number of anilines is 3. The summed E-state index contributed by atoms with van der Waals surface area (Å²) in [5.74, 6) is 0. The van der Waals surface area contributed by atoms with Crippen molar-refractivity contribution in [1.29, 1.82) is 0 Å². The molecule has 0 spiro atoms. The molecule has 0 radical (unpaired) electrons. The minimum absolute atomic E-state index is 0.875. The Morgan fingerprint density at radius 2 is 0.846 bits per heavy atom. The van der Waals surface area contributed by atoms with Gasteiger partial charge < -0.3 is 13.9 Å². The highest BCUT2D eigenvalue weighted by Crippen LogP contribution is 2.45. The fourth-order valence-corrected chi connectivity index (χ4v) is 10.1. The maximum Gasteiger partial charge on any atom is 0.137 e. The number of aromatic nitrogens is 1. The van der Waals surface area contributed by atoms with E-state index in [2.05, 4.69) is 246 Å². The number of hydrogen-bond acceptors (Lipinski definition) is 2. The van der Waals surface area contributed by atoms with Crippen molar-refractivity contribution >= 4 is 82.4 Å². The molecule has 0 saturated heterocycles. The van der Waals surface area contributed by atoms with Crippen LogP contribution in [0.2, 0.25) is 0 Å². The Hall–Kier alpha value is -8.66. The largest absolute Gasteiger partial charge is 0.456 e. The molecule has 304 valence electrons. The van der Waals surface area contributed by atoms with E-state index >= 15 is 0 Å². The number of benzene rings is 11. The maximum absolute atomic E-state index is 6.51. The SMILES string of the molecule is c1ccc(-c2ccc(N(c3ccc(-c4ccccc4)cc3)c3ccc(-c4cccc5c6c7c(ccc8ccccc87)ccc6n(-c6ccc7c(c6)oc6ccccc67)c45)cc3)cc2)cc1. The van der Waals surface area contributed by atoms with E-state index in [0.29, 0.717) is 0 Å². The summed E-state index contributed by atoms with van der Waals surface area (Å²) in [7, 11) is 0. The molecule has 11 aromatic carbocycles. The molecule has 0 bridgehead atoms. The van der Waals surface area contributed by atoms with Crippen molar-refractivity contribution in [3.05, 3.63) is 243 Å². The monoisotopic (exact) mass is 828 g/mol. The second kappa shape index (κ2) is 15.0. The van der Waals surface area contributed by atoms with Gasteiger partial charge in [0.05, 0.1) is 11.0 Å². The number of furan rings is 1. The van der Waals surface area contributed by atoms with Gasteiger partial charge in [0.25, 0.3) is 0 Å². The van der Waals surface area contributed by atoms with Gasteiger partial charge in [0.1, 0.15) is 11.2 Å². The van der Waals surface area contributed by atoms with Crippen LogP contribution >= 0.6 is 0 Å². The molecule has 3 nitrogen and oxygen atoms in total. The zero-order chi connectivity index (χ0) is 42.8. The zero-order valence-corrected chi connectivity index (χ0v) is 35.4. The van der Waals surface area contributed by atoms with Crippen LogP contribution in [0.5, 0.6) is 0 Å². The van der Waals surface area contributed by atoms with E-state index in [1.807, 2.05) is 6.07 Å². The van der Waals surface area contributed by atoms with E-state index in [0.717, 1.165) is 66.8 Å². The highest BCUT2D eigenvalue weighted by Gasteiger charge is 2.21. The fraction of sp³-hybridized carbons (Fsp3) is 0. The average Bonchev–Trinajstić information content (AvgIpc) is 3.93. The van der Waals surface area contributed by atoms with Gasteiger partial charge in [-0.25, -0.2) is 0 Å². The molecule has 13 rings (SSSR count). The number of nitrogens with zero attached hydrogens (tertiary/aromatic N) is 2. The Labute approximate surface area is 376 Å². The van der Waals surface area contributed by atoms with Crippen molar-refractivity contribution in [1.82, 2.24) is 4.57 Å². The molecule has 3 heteroatoms. The summed E-state index contributed by atoms with van der Waals surface area (Å²) < 4.78 is 8.96. The standard InChI is InChI=1S/C62H40N2O/c1-3-12-41(13-4-1)43-24-31-48(32-25-43)63(49-33-26-44(27-34-49)42-14-5-2-6-15-42)50-35-28-46(29-36-50)53-19-11-20-56-61-57(39-30-47-23-22-45-16-7-8-17-52(45)60(47)61)64(62(53)56)51-37-38-55-54-18-9-10-21-58(54)65-59(55)40-51/h1-40H. The number of para-hydroxylation sites is 2. The lowest BCUT2D eigenvalue weighted by Crippen LogP contribution is -2.09. The van der Waals surface area contributed by atoms with Gasteiger partial charge in [-0.2, -0.15) is 0 Å². The van der Waals surface area contributed by atoms with Crippen LogP contribution < -0.4 is 4.90 Å². The first-order chi connectivity index (χ1) is 32.2. The summed E-state index contributed by atoms with van der Waals surface area (Å²) in [4.78, 5) is 2.35. The number of fused-ring (bicyclic) bond motifs is 10. The van der Waals surface area contributed by atoms with Crippen molar-refractivity contribution < 1.29 is 4.42 Å². The van der Waals surface area contributed by atoms with Crippen LogP contribution in [-0.2, 0) is 0 Å². The first kappa shape index (κ1) is 36.9. The Balaban J connectivity index is 0.995. The molecule has 0 unspecified atom stereocenters. The molecule has 0 saturated carbocycles. The first-order valence-electron chi connectivity index (χ1n) is 22.2. The predicted molar refractivity (Wildman–Crippen MR) is 274 cm³/mol. The molecule has 0 fully saturated rings. The van der Waals surface area contributed by atoms with Gasteiger partial charge in [-0.3, -0.25) is 0 Å². The fourth-order valence-electron chi connectivity index (χ4n) is 10.1. The highest BCUT2D eigenvalue weighted by molar-refractivity contribution is 6.29. The summed E-state index contributed by atoms with van der Waals surface area (Å²) in [6.45, 7) is 0. The highest BCUT2D eigenvalue weighted by atomic mass is 16.3. The normalized spacial score (nSPS) is 11.7. The molecule has 0 amide bonds. The molecule has 2 aromatic heterocycles. The van der Waals surface area contributed by atoms with Crippen molar-refractivity contribution in [2.75, 3.05) is 4.90 Å². The number of hydrogen-bond donors (Lipinski definition) is 0. The van der Waals surface area contributed by atoms with Crippen LogP contribution in [-0.4, -0.2) is 4.57 Å². The second-order valence-corrected chi connectivity index (χ2v) is 16.9. The maximum atomic E-state index is 6.51. The summed E-state index contributed by atoms with van der Waals surface area (Å²) >= 11 is 0. The second-order valence-electron chi connectivity index (χ2n) is 16.9. The lowest BCUT2D eigenvalue weighted by molar-refractivity contribution is 0.668. The van der Waals surface area contributed by atoms with E-state index in [-0.39, 0.29) is 0 Å². The smallest absolute Gasteiger partial charge is 0.137 e. The first-order valence-corrected chi connectivity index (χ1v) is 22.2. The molecule has 0 aliphatic heterocycles. The van der Waals surface area contributed by atoms with Gasteiger partial charge in [0.2, 0.25) is 0 Å². The van der Waals surface area contributed by atoms with Crippen LogP contribution in [0.25, 0.3) is 104 Å². The van der Waals surface area contributed by atoms with Gasteiger partial charge in [-0.05, 0) is 110 Å². The number of rotatable bonds is 7. The Kier molecular flexibility index (Phi) is 8.53. The van der Waals surface area contributed by atoms with Gasteiger partial charge >= 0.3 is 0 Å². The van der Waals surface area contributed by atoms with Crippen molar-refractivity contribution in [3.63, 3.8) is 0 Å².